The number of hydrogen-bond donors (Lipinski definition) is 0. The fourth-order valence-corrected chi connectivity index (χ4v) is 3.21. The van der Waals surface area contributed by atoms with Crippen molar-refractivity contribution in [3.8, 4) is 0 Å². The van der Waals surface area contributed by atoms with Gasteiger partial charge < -0.3 is 4.74 Å². The van der Waals surface area contributed by atoms with Crippen LogP contribution < -0.4 is 4.90 Å². The lowest BCUT2D eigenvalue weighted by molar-refractivity contribution is -0.120. The summed E-state index contributed by atoms with van der Waals surface area (Å²) in [5, 5.41) is 0.575. The van der Waals surface area contributed by atoms with Gasteiger partial charge in [-0.05, 0) is 63.3 Å². The van der Waals surface area contributed by atoms with E-state index in [-0.39, 0.29) is 17.9 Å². The van der Waals surface area contributed by atoms with E-state index < -0.39 is 0 Å². The summed E-state index contributed by atoms with van der Waals surface area (Å²) in [5.74, 6) is -0.356. The van der Waals surface area contributed by atoms with Crippen LogP contribution in [0, 0.1) is 0 Å². The highest BCUT2D eigenvalue weighted by Gasteiger charge is 2.39. The van der Waals surface area contributed by atoms with Crippen LogP contribution in [-0.4, -0.2) is 17.9 Å². The molecule has 1 heterocycles. The van der Waals surface area contributed by atoms with E-state index in [1.165, 1.54) is 4.90 Å². The Morgan fingerprint density at radius 1 is 1.13 bits per heavy atom. The minimum Gasteiger partial charge on any atom is -0.374 e. The number of benzene rings is 1. The number of amides is 2. The molecule has 0 aromatic heterocycles. The number of rotatable bonds is 4. The molecule has 1 aliphatic heterocycles. The molecule has 0 saturated heterocycles. The van der Waals surface area contributed by atoms with Gasteiger partial charge in [-0.3, -0.25) is 9.59 Å². The highest BCUT2D eigenvalue weighted by Crippen LogP contribution is 2.36. The molecular weight excluding hydrogens is 314 g/mol. The number of halogens is 1. The third-order valence-electron chi connectivity index (χ3n) is 4.25. The zero-order valence-electron chi connectivity index (χ0n) is 13.4. The van der Waals surface area contributed by atoms with Crippen molar-refractivity contribution in [1.29, 1.82) is 0 Å². The molecule has 4 nitrogen and oxygen atoms in total. The van der Waals surface area contributed by atoms with Crippen LogP contribution in [0.5, 0.6) is 0 Å². The topological polar surface area (TPSA) is 46.6 Å². The maximum atomic E-state index is 12.6. The SMILES string of the molecule is CC(C)OCc1cc(N2C(=O)C3=C(CCCC3)C2=O)ccc1Cl. The number of carbonyl (C=O) groups excluding carboxylic acids is 2. The average Bonchev–Trinajstić information content (AvgIpc) is 2.79. The van der Waals surface area contributed by atoms with Crippen LogP contribution in [0.15, 0.2) is 29.3 Å². The van der Waals surface area contributed by atoms with Gasteiger partial charge in [-0.2, -0.15) is 0 Å². The van der Waals surface area contributed by atoms with Crippen molar-refractivity contribution in [2.45, 2.75) is 52.2 Å². The largest absolute Gasteiger partial charge is 0.374 e. The molecule has 2 amide bonds. The molecule has 3 rings (SSSR count). The Balaban J connectivity index is 1.89. The molecule has 0 N–H and O–H groups in total. The molecule has 2 aliphatic rings. The number of anilines is 1. The standard InChI is InChI=1S/C18H20ClNO3/c1-11(2)23-10-12-9-13(7-8-16(12)19)20-17(21)14-5-3-4-6-15(14)18(20)22/h7-9,11H,3-6,10H2,1-2H3. The van der Waals surface area contributed by atoms with Crippen LogP contribution in [0.3, 0.4) is 0 Å². The maximum Gasteiger partial charge on any atom is 0.261 e. The second-order valence-corrected chi connectivity index (χ2v) is 6.65. The smallest absolute Gasteiger partial charge is 0.261 e. The van der Waals surface area contributed by atoms with Crippen molar-refractivity contribution >= 4 is 29.1 Å². The summed E-state index contributed by atoms with van der Waals surface area (Å²) in [5.41, 5.74) is 2.73. The highest BCUT2D eigenvalue weighted by molar-refractivity contribution is 6.34. The molecule has 0 saturated carbocycles. The van der Waals surface area contributed by atoms with Crippen molar-refractivity contribution in [3.63, 3.8) is 0 Å². The van der Waals surface area contributed by atoms with Gasteiger partial charge in [0, 0.05) is 16.2 Å². The molecule has 1 aromatic rings. The van der Waals surface area contributed by atoms with Gasteiger partial charge in [-0.1, -0.05) is 11.6 Å². The minimum atomic E-state index is -0.178. The van der Waals surface area contributed by atoms with Crippen LogP contribution in [0.4, 0.5) is 5.69 Å². The monoisotopic (exact) mass is 333 g/mol. The van der Waals surface area contributed by atoms with Crippen molar-refractivity contribution < 1.29 is 14.3 Å². The van der Waals surface area contributed by atoms with Crippen molar-refractivity contribution in [1.82, 2.24) is 0 Å². The molecule has 0 unspecified atom stereocenters. The summed E-state index contributed by atoms with van der Waals surface area (Å²) in [4.78, 5) is 26.5. The van der Waals surface area contributed by atoms with E-state index in [0.717, 1.165) is 18.4 Å². The predicted octanol–water partition coefficient (Wildman–Crippen LogP) is 4.01. The predicted molar refractivity (Wildman–Crippen MR) is 89.4 cm³/mol. The Hall–Kier alpha value is -1.65. The van der Waals surface area contributed by atoms with Crippen LogP contribution in [-0.2, 0) is 20.9 Å². The van der Waals surface area contributed by atoms with Gasteiger partial charge in [-0.25, -0.2) is 4.90 Å². The van der Waals surface area contributed by atoms with Crippen LogP contribution in [0.1, 0.15) is 45.1 Å². The van der Waals surface area contributed by atoms with E-state index in [2.05, 4.69) is 0 Å². The van der Waals surface area contributed by atoms with Gasteiger partial charge in [-0.15, -0.1) is 0 Å². The zero-order chi connectivity index (χ0) is 16.6. The molecule has 0 fully saturated rings. The summed E-state index contributed by atoms with van der Waals surface area (Å²) >= 11 is 6.20. The quantitative estimate of drug-likeness (QED) is 0.782. The van der Waals surface area contributed by atoms with Crippen LogP contribution in [0.2, 0.25) is 5.02 Å². The molecule has 0 spiro atoms. The normalized spacial score (nSPS) is 18.2. The summed E-state index contributed by atoms with van der Waals surface area (Å²) in [6.07, 6.45) is 3.43. The van der Waals surface area contributed by atoms with E-state index in [4.69, 9.17) is 16.3 Å². The van der Waals surface area contributed by atoms with Gasteiger partial charge in [0.1, 0.15) is 0 Å². The Labute approximate surface area is 141 Å². The molecule has 0 radical (unpaired) electrons. The summed E-state index contributed by atoms with van der Waals surface area (Å²) in [7, 11) is 0. The van der Waals surface area contributed by atoms with E-state index in [1.807, 2.05) is 13.8 Å². The van der Waals surface area contributed by atoms with E-state index >= 15 is 0 Å². The first kappa shape index (κ1) is 16.2. The first-order valence-corrected chi connectivity index (χ1v) is 8.37. The maximum absolute atomic E-state index is 12.6. The number of ether oxygens (including phenoxy) is 1. The highest BCUT2D eigenvalue weighted by atomic mass is 35.5. The molecule has 1 aromatic carbocycles. The fourth-order valence-electron chi connectivity index (χ4n) is 3.04. The fraction of sp³-hybridized carbons (Fsp3) is 0.444. The Kier molecular flexibility index (Phi) is 4.55. The first-order chi connectivity index (χ1) is 11.0. The van der Waals surface area contributed by atoms with Gasteiger partial charge in [0.2, 0.25) is 0 Å². The van der Waals surface area contributed by atoms with Crippen LogP contribution in [0.25, 0.3) is 0 Å². The van der Waals surface area contributed by atoms with Crippen LogP contribution >= 0.6 is 11.6 Å². The minimum absolute atomic E-state index is 0.0822. The number of imide groups is 1. The molecule has 0 bridgehead atoms. The molecule has 23 heavy (non-hydrogen) atoms. The number of nitrogens with zero attached hydrogens (tertiary/aromatic N) is 1. The Bertz CT molecular complexity index is 666. The van der Waals surface area contributed by atoms with Crippen molar-refractivity contribution in [2.24, 2.45) is 0 Å². The van der Waals surface area contributed by atoms with E-state index in [9.17, 15) is 9.59 Å². The molecule has 122 valence electrons. The van der Waals surface area contributed by atoms with Gasteiger partial charge in [0.25, 0.3) is 11.8 Å². The molecule has 1 aliphatic carbocycles. The molecule has 5 heteroatoms. The molecular formula is C18H20ClNO3. The Morgan fingerprint density at radius 2 is 1.74 bits per heavy atom. The van der Waals surface area contributed by atoms with Crippen molar-refractivity contribution in [3.05, 3.63) is 39.9 Å². The zero-order valence-corrected chi connectivity index (χ0v) is 14.2. The van der Waals surface area contributed by atoms with Gasteiger partial charge in [0.05, 0.1) is 18.4 Å². The van der Waals surface area contributed by atoms with Crippen molar-refractivity contribution in [2.75, 3.05) is 4.90 Å². The summed E-state index contributed by atoms with van der Waals surface area (Å²) in [6, 6.07) is 5.21. The van der Waals surface area contributed by atoms with Gasteiger partial charge in [0.15, 0.2) is 0 Å². The summed E-state index contributed by atoms with van der Waals surface area (Å²) in [6.45, 7) is 4.25. The third-order valence-corrected chi connectivity index (χ3v) is 4.62. The number of hydrogen-bond acceptors (Lipinski definition) is 3. The first-order valence-electron chi connectivity index (χ1n) is 8.00. The third kappa shape index (κ3) is 3.06. The van der Waals surface area contributed by atoms with Gasteiger partial charge >= 0.3 is 0 Å². The molecule has 0 atom stereocenters. The lowest BCUT2D eigenvalue weighted by Gasteiger charge is -2.17. The second-order valence-electron chi connectivity index (χ2n) is 6.25. The lowest BCUT2D eigenvalue weighted by atomic mass is 9.93. The summed E-state index contributed by atoms with van der Waals surface area (Å²) < 4.78 is 5.59. The lowest BCUT2D eigenvalue weighted by Crippen LogP contribution is -2.31. The van der Waals surface area contributed by atoms with E-state index in [0.29, 0.717) is 41.3 Å². The van der Waals surface area contributed by atoms with E-state index in [1.54, 1.807) is 18.2 Å². The second kappa shape index (κ2) is 6.46. The average molecular weight is 334 g/mol. The Morgan fingerprint density at radius 3 is 2.30 bits per heavy atom. The number of carbonyl (C=O) groups is 2.